The fourth-order valence-electron chi connectivity index (χ4n) is 3.48. The maximum atomic E-state index is 12.3. The van der Waals surface area contributed by atoms with E-state index in [-0.39, 0.29) is 12.5 Å². The average molecular weight is 381 g/mol. The number of amides is 1. The van der Waals surface area contributed by atoms with Crippen molar-refractivity contribution >= 4 is 12.1 Å². The van der Waals surface area contributed by atoms with Crippen LogP contribution < -0.4 is 5.32 Å². The zero-order valence-corrected chi connectivity index (χ0v) is 16.8. The van der Waals surface area contributed by atoms with E-state index in [9.17, 15) is 9.59 Å². The Labute approximate surface area is 166 Å². The smallest absolute Gasteiger partial charge is 0.407 e. The minimum absolute atomic E-state index is 0.0141. The summed E-state index contributed by atoms with van der Waals surface area (Å²) in [6.45, 7) is 7.42. The summed E-state index contributed by atoms with van der Waals surface area (Å²) < 4.78 is 10.8. The molecule has 0 bridgehead atoms. The second-order valence-electron chi connectivity index (χ2n) is 7.96. The molecule has 0 saturated heterocycles. The summed E-state index contributed by atoms with van der Waals surface area (Å²) in [6, 6.07) is 15.6. The van der Waals surface area contributed by atoms with Crippen LogP contribution in [-0.2, 0) is 14.3 Å². The molecule has 0 aromatic heterocycles. The van der Waals surface area contributed by atoms with Crippen molar-refractivity contribution < 1.29 is 19.1 Å². The van der Waals surface area contributed by atoms with Crippen LogP contribution in [0.5, 0.6) is 0 Å². The lowest BCUT2D eigenvalue weighted by Gasteiger charge is -2.24. The first-order valence-corrected chi connectivity index (χ1v) is 9.64. The predicted molar refractivity (Wildman–Crippen MR) is 108 cm³/mol. The Morgan fingerprint density at radius 3 is 2.04 bits per heavy atom. The molecule has 148 valence electrons. The van der Waals surface area contributed by atoms with Gasteiger partial charge in [-0.15, -0.1) is 0 Å². The Morgan fingerprint density at radius 2 is 1.54 bits per heavy atom. The molecular weight excluding hydrogens is 354 g/mol. The van der Waals surface area contributed by atoms with Crippen LogP contribution in [0.3, 0.4) is 0 Å². The van der Waals surface area contributed by atoms with Crippen molar-refractivity contribution in [2.75, 3.05) is 6.61 Å². The summed E-state index contributed by atoms with van der Waals surface area (Å²) in [7, 11) is 0. The molecule has 0 fully saturated rings. The molecule has 0 aliphatic heterocycles. The zero-order valence-electron chi connectivity index (χ0n) is 16.8. The lowest BCUT2D eigenvalue weighted by Crippen LogP contribution is -2.44. The number of rotatable bonds is 5. The predicted octanol–water partition coefficient (Wildman–Crippen LogP) is 4.65. The Hall–Kier alpha value is -2.82. The van der Waals surface area contributed by atoms with Crippen LogP contribution in [0.25, 0.3) is 11.1 Å². The van der Waals surface area contributed by atoms with Crippen LogP contribution in [0, 0.1) is 0 Å². The molecule has 5 heteroatoms. The van der Waals surface area contributed by atoms with E-state index in [1.54, 1.807) is 20.8 Å². The van der Waals surface area contributed by atoms with Gasteiger partial charge in [-0.2, -0.15) is 0 Å². The first-order valence-electron chi connectivity index (χ1n) is 9.64. The van der Waals surface area contributed by atoms with E-state index in [1.165, 1.54) is 11.1 Å². The molecule has 0 radical (unpaired) electrons. The number of benzene rings is 2. The Bertz CT molecular complexity index is 823. The van der Waals surface area contributed by atoms with Crippen LogP contribution >= 0.6 is 0 Å². The fraction of sp³-hybridized carbons (Fsp3) is 0.391. The number of hydrogen-bond acceptors (Lipinski definition) is 4. The van der Waals surface area contributed by atoms with Crippen LogP contribution in [0.4, 0.5) is 4.79 Å². The van der Waals surface area contributed by atoms with E-state index >= 15 is 0 Å². The lowest BCUT2D eigenvalue weighted by atomic mass is 9.98. The molecule has 1 N–H and O–H groups in total. The topological polar surface area (TPSA) is 64.6 Å². The van der Waals surface area contributed by atoms with Crippen molar-refractivity contribution in [1.82, 2.24) is 5.32 Å². The van der Waals surface area contributed by atoms with Gasteiger partial charge in [0, 0.05) is 5.92 Å². The molecule has 1 aliphatic carbocycles. The first-order chi connectivity index (χ1) is 13.3. The van der Waals surface area contributed by atoms with Gasteiger partial charge in [-0.3, -0.25) is 0 Å². The molecule has 28 heavy (non-hydrogen) atoms. The Balaban J connectivity index is 1.65. The standard InChI is InChI=1S/C23H27NO4/c1-5-20(21(25)28-23(2,3)4)24-22(26)27-14-19-17-12-8-6-10-15(17)16-11-7-9-13-18(16)19/h6-13,19-20H,5,14H2,1-4H3,(H,24,26)/t20-/m0/s1. The number of esters is 1. The molecule has 0 spiro atoms. The highest BCUT2D eigenvalue weighted by Crippen LogP contribution is 2.44. The summed E-state index contributed by atoms with van der Waals surface area (Å²) in [6.07, 6.45) is -0.182. The molecule has 1 amide bonds. The molecule has 2 aromatic rings. The number of nitrogens with one attached hydrogen (secondary N) is 1. The van der Waals surface area contributed by atoms with Crippen molar-refractivity contribution in [3.8, 4) is 11.1 Å². The van der Waals surface area contributed by atoms with Crippen LogP contribution in [-0.4, -0.2) is 30.3 Å². The largest absolute Gasteiger partial charge is 0.458 e. The molecule has 2 aromatic carbocycles. The maximum absolute atomic E-state index is 12.3. The van der Waals surface area contributed by atoms with Gasteiger partial charge in [0.15, 0.2) is 0 Å². The van der Waals surface area contributed by atoms with Crippen molar-refractivity contribution in [1.29, 1.82) is 0 Å². The zero-order chi connectivity index (χ0) is 20.3. The molecule has 0 unspecified atom stereocenters. The average Bonchev–Trinajstić information content (AvgIpc) is 2.97. The van der Waals surface area contributed by atoms with E-state index in [2.05, 4.69) is 29.6 Å². The molecule has 0 heterocycles. The third kappa shape index (κ3) is 4.35. The number of carbonyl (C=O) groups excluding carboxylic acids is 2. The van der Waals surface area contributed by atoms with Crippen LogP contribution in [0.1, 0.15) is 51.2 Å². The van der Waals surface area contributed by atoms with E-state index in [1.807, 2.05) is 31.2 Å². The van der Waals surface area contributed by atoms with Crippen molar-refractivity contribution in [2.45, 2.75) is 51.7 Å². The Kier molecular flexibility index (Phi) is 5.73. The van der Waals surface area contributed by atoms with E-state index < -0.39 is 23.7 Å². The minimum Gasteiger partial charge on any atom is -0.458 e. The quantitative estimate of drug-likeness (QED) is 0.766. The van der Waals surface area contributed by atoms with E-state index in [0.717, 1.165) is 11.1 Å². The Morgan fingerprint density at radius 1 is 1.00 bits per heavy atom. The van der Waals surface area contributed by atoms with E-state index in [0.29, 0.717) is 6.42 Å². The van der Waals surface area contributed by atoms with Gasteiger partial charge in [0.1, 0.15) is 18.2 Å². The summed E-state index contributed by atoms with van der Waals surface area (Å²) in [4.78, 5) is 24.5. The molecule has 5 nitrogen and oxygen atoms in total. The van der Waals surface area contributed by atoms with Crippen LogP contribution in [0.2, 0.25) is 0 Å². The van der Waals surface area contributed by atoms with Gasteiger partial charge in [-0.1, -0.05) is 55.5 Å². The highest BCUT2D eigenvalue weighted by Gasteiger charge is 2.30. The number of hydrogen-bond donors (Lipinski definition) is 1. The van der Waals surface area contributed by atoms with Crippen molar-refractivity contribution in [3.05, 3.63) is 59.7 Å². The number of alkyl carbamates (subject to hydrolysis) is 1. The third-order valence-electron chi connectivity index (χ3n) is 4.74. The summed E-state index contributed by atoms with van der Waals surface area (Å²) >= 11 is 0. The van der Waals surface area contributed by atoms with Gasteiger partial charge < -0.3 is 14.8 Å². The van der Waals surface area contributed by atoms with Gasteiger partial charge in [0.05, 0.1) is 0 Å². The summed E-state index contributed by atoms with van der Waals surface area (Å²) in [5.74, 6) is -0.469. The maximum Gasteiger partial charge on any atom is 0.407 e. The molecule has 1 atom stereocenters. The van der Waals surface area contributed by atoms with Crippen LogP contribution in [0.15, 0.2) is 48.5 Å². The normalized spacial score (nSPS) is 14.0. The van der Waals surface area contributed by atoms with Gasteiger partial charge >= 0.3 is 12.1 Å². The SMILES string of the molecule is CC[C@H](NC(=O)OCC1c2ccccc2-c2ccccc21)C(=O)OC(C)(C)C. The minimum atomic E-state index is -0.727. The monoisotopic (exact) mass is 381 g/mol. The van der Waals surface area contributed by atoms with Crippen molar-refractivity contribution in [3.63, 3.8) is 0 Å². The molecule has 0 saturated carbocycles. The number of carbonyl (C=O) groups is 2. The molecule has 1 aliphatic rings. The number of ether oxygens (including phenoxy) is 2. The fourth-order valence-corrected chi connectivity index (χ4v) is 3.48. The van der Waals surface area contributed by atoms with Gasteiger partial charge in [-0.25, -0.2) is 9.59 Å². The molecular formula is C23H27NO4. The van der Waals surface area contributed by atoms with E-state index in [4.69, 9.17) is 9.47 Å². The second kappa shape index (κ2) is 8.05. The highest BCUT2D eigenvalue weighted by atomic mass is 16.6. The highest BCUT2D eigenvalue weighted by molar-refractivity contribution is 5.82. The van der Waals surface area contributed by atoms with Gasteiger partial charge in [-0.05, 0) is 49.4 Å². The summed E-state index contributed by atoms with van der Waals surface area (Å²) in [5.41, 5.74) is 4.04. The molecule has 3 rings (SSSR count). The summed E-state index contributed by atoms with van der Waals surface area (Å²) in [5, 5.41) is 2.63. The second-order valence-corrected chi connectivity index (χ2v) is 7.96. The van der Waals surface area contributed by atoms with Gasteiger partial charge in [0.2, 0.25) is 0 Å². The third-order valence-corrected chi connectivity index (χ3v) is 4.74. The first kappa shape index (κ1) is 19.9. The van der Waals surface area contributed by atoms with Crippen molar-refractivity contribution in [2.24, 2.45) is 0 Å². The number of fused-ring (bicyclic) bond motifs is 3. The van der Waals surface area contributed by atoms with Gasteiger partial charge in [0.25, 0.3) is 0 Å². The lowest BCUT2D eigenvalue weighted by molar-refractivity contribution is -0.157.